The van der Waals surface area contributed by atoms with Crippen LogP contribution in [0, 0.1) is 0 Å². The lowest BCUT2D eigenvalue weighted by atomic mass is 10.1. The number of carbonyl (C=O) groups is 2. The van der Waals surface area contributed by atoms with E-state index in [1.54, 1.807) is 25.4 Å². The number of methoxy groups -OCH3 is 1. The Labute approximate surface area is 158 Å². The molecule has 2 saturated carbocycles. The number of hydrogen-bond acceptors (Lipinski definition) is 4. The summed E-state index contributed by atoms with van der Waals surface area (Å²) in [6, 6.07) is 11.6. The van der Waals surface area contributed by atoms with E-state index in [0.717, 1.165) is 31.2 Å². The third-order valence-electron chi connectivity index (χ3n) is 4.92. The van der Waals surface area contributed by atoms with Crippen LogP contribution in [-0.4, -0.2) is 40.9 Å². The maximum Gasteiger partial charge on any atom is 0.255 e. The normalized spacial score (nSPS) is 15.9. The Bertz CT molecular complexity index is 825. The quantitative estimate of drug-likeness (QED) is 0.819. The molecule has 0 unspecified atom stereocenters. The van der Waals surface area contributed by atoms with E-state index in [9.17, 15) is 9.59 Å². The summed E-state index contributed by atoms with van der Waals surface area (Å²) in [6.07, 6.45) is 5.75. The fraction of sp³-hybridized carbons (Fsp3) is 0.381. The molecule has 140 valence electrons. The Morgan fingerprint density at radius 1 is 1.07 bits per heavy atom. The summed E-state index contributed by atoms with van der Waals surface area (Å²) in [7, 11) is 1.55. The highest BCUT2D eigenvalue weighted by atomic mass is 16.5. The van der Waals surface area contributed by atoms with Crippen LogP contribution in [0.5, 0.6) is 5.88 Å². The van der Waals surface area contributed by atoms with Crippen molar-refractivity contribution in [1.29, 1.82) is 0 Å². The molecule has 2 aliphatic rings. The Morgan fingerprint density at radius 3 is 2.33 bits per heavy atom. The summed E-state index contributed by atoms with van der Waals surface area (Å²) >= 11 is 0. The maximum atomic E-state index is 12.9. The van der Waals surface area contributed by atoms with Crippen molar-refractivity contribution < 1.29 is 14.3 Å². The summed E-state index contributed by atoms with van der Waals surface area (Å²) in [4.78, 5) is 31.0. The zero-order valence-electron chi connectivity index (χ0n) is 15.4. The van der Waals surface area contributed by atoms with E-state index < -0.39 is 0 Å². The number of carbonyl (C=O) groups excluding carboxylic acids is 2. The van der Waals surface area contributed by atoms with E-state index in [1.165, 1.54) is 0 Å². The molecule has 0 radical (unpaired) electrons. The molecule has 6 nitrogen and oxygen atoms in total. The molecule has 2 aliphatic carbocycles. The standard InChI is InChI=1S/C21H23N3O3/c1-27-19-11-6-16(12-22-19)21(26)24(18-9-10-18)13-14-2-4-15(5-3-14)20(25)23-17-7-8-17/h2-6,11-12,17-18H,7-10,13H2,1H3,(H,23,25). The first-order valence-corrected chi connectivity index (χ1v) is 9.35. The van der Waals surface area contributed by atoms with E-state index in [2.05, 4.69) is 10.3 Å². The Morgan fingerprint density at radius 2 is 1.78 bits per heavy atom. The predicted octanol–water partition coefficient (Wildman–Crippen LogP) is 2.79. The second kappa shape index (κ2) is 7.39. The lowest BCUT2D eigenvalue weighted by Crippen LogP contribution is -2.32. The van der Waals surface area contributed by atoms with Crippen molar-refractivity contribution in [2.75, 3.05) is 7.11 Å². The van der Waals surface area contributed by atoms with Crippen LogP contribution in [0.3, 0.4) is 0 Å². The predicted molar refractivity (Wildman–Crippen MR) is 101 cm³/mol. The molecule has 2 fully saturated rings. The van der Waals surface area contributed by atoms with Crippen LogP contribution in [0.4, 0.5) is 0 Å². The third kappa shape index (κ3) is 4.27. The lowest BCUT2D eigenvalue weighted by Gasteiger charge is -2.22. The van der Waals surface area contributed by atoms with Crippen LogP contribution >= 0.6 is 0 Å². The molecule has 0 atom stereocenters. The van der Waals surface area contributed by atoms with Gasteiger partial charge in [-0.15, -0.1) is 0 Å². The molecule has 1 aromatic carbocycles. The first-order valence-electron chi connectivity index (χ1n) is 9.35. The van der Waals surface area contributed by atoms with Gasteiger partial charge in [-0.05, 0) is 49.4 Å². The number of aromatic nitrogens is 1. The number of ether oxygens (including phenoxy) is 1. The lowest BCUT2D eigenvalue weighted by molar-refractivity contribution is 0.0729. The molecule has 0 bridgehead atoms. The first kappa shape index (κ1) is 17.5. The molecule has 1 aromatic heterocycles. The van der Waals surface area contributed by atoms with Crippen molar-refractivity contribution in [2.24, 2.45) is 0 Å². The van der Waals surface area contributed by atoms with Crippen molar-refractivity contribution in [3.8, 4) is 5.88 Å². The van der Waals surface area contributed by atoms with E-state index in [0.29, 0.717) is 29.6 Å². The molecule has 27 heavy (non-hydrogen) atoms. The van der Waals surface area contributed by atoms with Gasteiger partial charge in [-0.3, -0.25) is 9.59 Å². The summed E-state index contributed by atoms with van der Waals surface area (Å²) in [5.74, 6) is 0.441. The van der Waals surface area contributed by atoms with Gasteiger partial charge in [-0.2, -0.15) is 0 Å². The van der Waals surface area contributed by atoms with Crippen LogP contribution in [0.1, 0.15) is 52.0 Å². The topological polar surface area (TPSA) is 71.5 Å². The fourth-order valence-corrected chi connectivity index (χ4v) is 3.00. The monoisotopic (exact) mass is 365 g/mol. The average Bonchev–Trinajstić information content (AvgIpc) is 3.61. The molecule has 6 heteroatoms. The SMILES string of the molecule is COc1ccc(C(=O)N(Cc2ccc(C(=O)NC3CC3)cc2)C2CC2)cn1. The van der Waals surface area contributed by atoms with Crippen LogP contribution in [0.2, 0.25) is 0 Å². The second-order valence-electron chi connectivity index (χ2n) is 7.20. The summed E-state index contributed by atoms with van der Waals surface area (Å²) in [6.45, 7) is 0.528. The van der Waals surface area contributed by atoms with Gasteiger partial charge in [0.1, 0.15) is 0 Å². The molecular formula is C21H23N3O3. The summed E-state index contributed by atoms with van der Waals surface area (Å²) in [5, 5.41) is 2.99. The van der Waals surface area contributed by atoms with Crippen molar-refractivity contribution in [1.82, 2.24) is 15.2 Å². The smallest absolute Gasteiger partial charge is 0.255 e. The fourth-order valence-electron chi connectivity index (χ4n) is 3.00. The van der Waals surface area contributed by atoms with Gasteiger partial charge in [0, 0.05) is 36.5 Å². The van der Waals surface area contributed by atoms with Gasteiger partial charge in [0.15, 0.2) is 0 Å². The van der Waals surface area contributed by atoms with Crippen molar-refractivity contribution in [2.45, 2.75) is 44.3 Å². The van der Waals surface area contributed by atoms with E-state index in [-0.39, 0.29) is 17.9 Å². The number of nitrogens with one attached hydrogen (secondary N) is 1. The van der Waals surface area contributed by atoms with Crippen LogP contribution in [0.15, 0.2) is 42.6 Å². The highest BCUT2D eigenvalue weighted by Crippen LogP contribution is 2.30. The van der Waals surface area contributed by atoms with Gasteiger partial charge < -0.3 is 15.0 Å². The maximum absolute atomic E-state index is 12.9. The minimum Gasteiger partial charge on any atom is -0.481 e. The second-order valence-corrected chi connectivity index (χ2v) is 7.20. The molecule has 2 aromatic rings. The number of amides is 2. The third-order valence-corrected chi connectivity index (χ3v) is 4.92. The Kier molecular flexibility index (Phi) is 4.79. The molecule has 1 heterocycles. The van der Waals surface area contributed by atoms with Crippen molar-refractivity contribution in [3.63, 3.8) is 0 Å². The zero-order chi connectivity index (χ0) is 18.8. The minimum absolute atomic E-state index is 0.0246. The van der Waals surface area contributed by atoms with Crippen LogP contribution < -0.4 is 10.1 Å². The summed E-state index contributed by atoms with van der Waals surface area (Å²) in [5.41, 5.74) is 2.23. The number of pyridine rings is 1. The largest absolute Gasteiger partial charge is 0.481 e. The van der Waals surface area contributed by atoms with Crippen LogP contribution in [0.25, 0.3) is 0 Å². The molecule has 0 spiro atoms. The first-order chi connectivity index (χ1) is 13.1. The summed E-state index contributed by atoms with van der Waals surface area (Å²) < 4.78 is 5.05. The highest BCUT2D eigenvalue weighted by molar-refractivity contribution is 5.95. The van der Waals surface area contributed by atoms with Gasteiger partial charge in [0.25, 0.3) is 11.8 Å². The van der Waals surface area contributed by atoms with Gasteiger partial charge in [0.05, 0.1) is 12.7 Å². The molecule has 1 N–H and O–H groups in total. The molecule has 4 rings (SSSR count). The number of rotatable bonds is 7. The van der Waals surface area contributed by atoms with E-state index in [1.807, 2.05) is 29.2 Å². The Hall–Kier alpha value is -2.89. The molecule has 0 aliphatic heterocycles. The van der Waals surface area contributed by atoms with Gasteiger partial charge in [0.2, 0.25) is 5.88 Å². The number of hydrogen-bond donors (Lipinski definition) is 1. The average molecular weight is 365 g/mol. The molecule has 0 saturated heterocycles. The van der Waals surface area contributed by atoms with E-state index >= 15 is 0 Å². The van der Waals surface area contributed by atoms with Gasteiger partial charge >= 0.3 is 0 Å². The van der Waals surface area contributed by atoms with Crippen molar-refractivity contribution in [3.05, 3.63) is 59.3 Å². The van der Waals surface area contributed by atoms with Crippen LogP contribution in [-0.2, 0) is 6.54 Å². The molecule has 2 amide bonds. The highest BCUT2D eigenvalue weighted by Gasteiger charge is 2.33. The van der Waals surface area contributed by atoms with Gasteiger partial charge in [-0.25, -0.2) is 4.98 Å². The Balaban J connectivity index is 1.44. The van der Waals surface area contributed by atoms with Gasteiger partial charge in [-0.1, -0.05) is 12.1 Å². The van der Waals surface area contributed by atoms with E-state index in [4.69, 9.17) is 4.74 Å². The number of nitrogens with zero attached hydrogens (tertiary/aromatic N) is 2. The minimum atomic E-state index is -0.0248. The zero-order valence-corrected chi connectivity index (χ0v) is 15.4. The molecular weight excluding hydrogens is 342 g/mol. The number of benzene rings is 1. The van der Waals surface area contributed by atoms with Crippen molar-refractivity contribution >= 4 is 11.8 Å².